The molecule has 0 aliphatic carbocycles. The van der Waals surface area contributed by atoms with Crippen molar-refractivity contribution < 1.29 is 9.53 Å². The molecule has 3 aromatic rings. The predicted molar refractivity (Wildman–Crippen MR) is 136 cm³/mol. The van der Waals surface area contributed by atoms with E-state index >= 15 is 0 Å². The second-order valence-electron chi connectivity index (χ2n) is 6.95. The van der Waals surface area contributed by atoms with E-state index in [-0.39, 0.29) is 5.91 Å². The number of hydrogen-bond acceptors (Lipinski definition) is 6. The smallest absolute Gasteiger partial charge is 0.229 e. The molecule has 0 atom stereocenters. The van der Waals surface area contributed by atoms with Gasteiger partial charge in [-0.15, -0.1) is 11.8 Å². The molecule has 0 N–H and O–H groups in total. The van der Waals surface area contributed by atoms with Crippen molar-refractivity contribution in [2.75, 3.05) is 43.9 Å². The first-order chi connectivity index (χ1) is 15.0. The number of thiazole rings is 1. The number of thioether (sulfide) groups is 1. The summed E-state index contributed by atoms with van der Waals surface area (Å²) in [5, 5.41) is 0.778. The first-order valence-electron chi connectivity index (χ1n) is 10.4. The summed E-state index contributed by atoms with van der Waals surface area (Å²) in [6, 6.07) is 14.0. The van der Waals surface area contributed by atoms with Gasteiger partial charge in [0.1, 0.15) is 5.75 Å². The first kappa shape index (κ1) is 24.0. The molecule has 0 bridgehead atoms. The molecule has 3 rings (SSSR count). The third kappa shape index (κ3) is 6.68. The van der Waals surface area contributed by atoms with Gasteiger partial charge < -0.3 is 9.64 Å². The molecule has 0 spiro atoms. The maximum absolute atomic E-state index is 13.2. The summed E-state index contributed by atoms with van der Waals surface area (Å²) in [5.74, 6) is 1.68. The number of methoxy groups -OCH3 is 1. The minimum absolute atomic E-state index is 0.117. The Bertz CT molecular complexity index is 990. The number of ether oxygens (including phenoxy) is 1. The van der Waals surface area contributed by atoms with Crippen LogP contribution in [0.4, 0.5) is 5.13 Å². The Labute approximate surface area is 200 Å². The summed E-state index contributed by atoms with van der Waals surface area (Å²) in [4.78, 5) is 23.3. The molecule has 1 amide bonds. The van der Waals surface area contributed by atoms with Gasteiger partial charge in [-0.3, -0.25) is 9.69 Å². The van der Waals surface area contributed by atoms with Gasteiger partial charge >= 0.3 is 0 Å². The van der Waals surface area contributed by atoms with E-state index in [1.807, 2.05) is 41.3 Å². The van der Waals surface area contributed by atoms with Crippen LogP contribution in [-0.2, 0) is 4.79 Å². The van der Waals surface area contributed by atoms with Gasteiger partial charge in [-0.25, -0.2) is 4.98 Å². The van der Waals surface area contributed by atoms with E-state index in [1.165, 1.54) is 0 Å². The van der Waals surface area contributed by atoms with Crippen LogP contribution in [-0.4, -0.2) is 54.8 Å². The Morgan fingerprint density at radius 2 is 1.87 bits per heavy atom. The van der Waals surface area contributed by atoms with E-state index in [9.17, 15) is 4.79 Å². The van der Waals surface area contributed by atoms with Crippen LogP contribution in [0.15, 0.2) is 51.8 Å². The van der Waals surface area contributed by atoms with Crippen LogP contribution in [0, 0.1) is 0 Å². The summed E-state index contributed by atoms with van der Waals surface area (Å²) in [6.45, 7) is 7.72. The number of anilines is 1. The molecule has 31 heavy (non-hydrogen) atoms. The fourth-order valence-electron chi connectivity index (χ4n) is 3.17. The van der Waals surface area contributed by atoms with Gasteiger partial charge in [0.05, 0.1) is 17.3 Å². The molecular formula is C23H28BrN3O2S2. The normalized spacial score (nSPS) is 11.3. The Kier molecular flexibility index (Phi) is 9.19. The SMILES string of the molecule is CCN(CC)CCN(C(=O)CCSc1ccc(OC)cc1)c1nc2ccc(Br)cc2s1. The molecular weight excluding hydrogens is 494 g/mol. The molecule has 0 unspecified atom stereocenters. The van der Waals surface area contributed by atoms with Crippen molar-refractivity contribution in [1.29, 1.82) is 0 Å². The average Bonchev–Trinajstić information content (AvgIpc) is 3.19. The number of hydrogen-bond donors (Lipinski definition) is 0. The highest BCUT2D eigenvalue weighted by atomic mass is 79.9. The fourth-order valence-corrected chi connectivity index (χ4v) is 5.57. The van der Waals surface area contributed by atoms with Crippen molar-refractivity contribution in [3.8, 4) is 5.75 Å². The monoisotopic (exact) mass is 521 g/mol. The summed E-state index contributed by atoms with van der Waals surface area (Å²) >= 11 is 6.78. The number of halogens is 1. The minimum atomic E-state index is 0.117. The molecule has 5 nitrogen and oxygen atoms in total. The van der Waals surface area contributed by atoms with E-state index in [0.717, 1.165) is 55.9 Å². The number of fused-ring (bicyclic) bond motifs is 1. The van der Waals surface area contributed by atoms with Crippen molar-refractivity contribution in [2.45, 2.75) is 25.2 Å². The number of rotatable bonds is 11. The van der Waals surface area contributed by atoms with Crippen LogP contribution in [0.3, 0.4) is 0 Å². The minimum Gasteiger partial charge on any atom is -0.497 e. The number of amides is 1. The lowest BCUT2D eigenvalue weighted by Crippen LogP contribution is -2.39. The molecule has 1 heterocycles. The van der Waals surface area contributed by atoms with Gasteiger partial charge in [0.25, 0.3) is 0 Å². The second kappa shape index (κ2) is 11.9. The lowest BCUT2D eigenvalue weighted by Gasteiger charge is -2.24. The molecule has 0 saturated heterocycles. The third-order valence-electron chi connectivity index (χ3n) is 5.05. The molecule has 1 aromatic heterocycles. The molecule has 0 saturated carbocycles. The molecule has 0 aliphatic rings. The van der Waals surface area contributed by atoms with Crippen molar-refractivity contribution in [3.63, 3.8) is 0 Å². The second-order valence-corrected chi connectivity index (χ2v) is 10.0. The van der Waals surface area contributed by atoms with E-state index in [2.05, 4.69) is 40.7 Å². The number of carbonyl (C=O) groups is 1. The summed E-state index contributed by atoms with van der Waals surface area (Å²) in [6.07, 6.45) is 0.467. The predicted octanol–water partition coefficient (Wildman–Crippen LogP) is 5.92. The first-order valence-corrected chi connectivity index (χ1v) is 13.0. The van der Waals surface area contributed by atoms with Gasteiger partial charge in [0.2, 0.25) is 5.91 Å². The Balaban J connectivity index is 1.70. The topological polar surface area (TPSA) is 45.7 Å². The van der Waals surface area contributed by atoms with E-state index in [0.29, 0.717) is 13.0 Å². The molecule has 0 aliphatic heterocycles. The summed E-state index contributed by atoms with van der Waals surface area (Å²) < 4.78 is 7.31. The standard InChI is InChI=1S/C23H28BrN3O2S2/c1-4-26(5-2)13-14-27(23-25-20-11-6-17(24)16-21(20)31-23)22(28)12-15-30-19-9-7-18(29-3)8-10-19/h6-11,16H,4-5,12-15H2,1-3H3. The highest BCUT2D eigenvalue weighted by Gasteiger charge is 2.20. The largest absolute Gasteiger partial charge is 0.497 e. The van der Waals surface area contributed by atoms with E-state index in [1.54, 1.807) is 30.2 Å². The average molecular weight is 523 g/mol. The van der Waals surface area contributed by atoms with E-state index < -0.39 is 0 Å². The number of benzene rings is 2. The number of nitrogens with zero attached hydrogens (tertiary/aromatic N) is 3. The van der Waals surface area contributed by atoms with E-state index in [4.69, 9.17) is 9.72 Å². The lowest BCUT2D eigenvalue weighted by molar-refractivity contribution is -0.118. The van der Waals surface area contributed by atoms with Gasteiger partial charge in [-0.2, -0.15) is 0 Å². The highest BCUT2D eigenvalue weighted by molar-refractivity contribution is 9.10. The van der Waals surface area contributed by atoms with Gasteiger partial charge in [0.15, 0.2) is 5.13 Å². The Morgan fingerprint density at radius 1 is 1.13 bits per heavy atom. The van der Waals surface area contributed by atoms with Crippen LogP contribution >= 0.6 is 39.0 Å². The van der Waals surface area contributed by atoms with Crippen LogP contribution in [0.25, 0.3) is 10.2 Å². The van der Waals surface area contributed by atoms with Crippen molar-refractivity contribution in [3.05, 3.63) is 46.9 Å². The van der Waals surface area contributed by atoms with Crippen LogP contribution in [0.1, 0.15) is 20.3 Å². The van der Waals surface area contributed by atoms with Crippen molar-refractivity contribution in [2.24, 2.45) is 0 Å². The zero-order chi connectivity index (χ0) is 22.2. The third-order valence-corrected chi connectivity index (χ3v) is 7.60. The Morgan fingerprint density at radius 3 is 2.55 bits per heavy atom. The van der Waals surface area contributed by atoms with Crippen LogP contribution in [0.5, 0.6) is 5.75 Å². The number of likely N-dealkylation sites (N-methyl/N-ethyl adjacent to an activating group) is 1. The molecule has 0 radical (unpaired) electrons. The van der Waals surface area contributed by atoms with Gasteiger partial charge in [0, 0.05) is 34.6 Å². The number of aromatic nitrogens is 1. The lowest BCUT2D eigenvalue weighted by atomic mass is 10.3. The van der Waals surface area contributed by atoms with Crippen molar-refractivity contribution >= 4 is 60.3 Å². The molecule has 8 heteroatoms. The summed E-state index contributed by atoms with van der Waals surface area (Å²) in [7, 11) is 1.66. The molecule has 2 aromatic carbocycles. The Hall–Kier alpha value is -1.61. The highest BCUT2D eigenvalue weighted by Crippen LogP contribution is 2.31. The van der Waals surface area contributed by atoms with Crippen LogP contribution < -0.4 is 9.64 Å². The maximum atomic E-state index is 13.2. The molecule has 166 valence electrons. The number of carbonyl (C=O) groups excluding carboxylic acids is 1. The quantitative estimate of drug-likeness (QED) is 0.293. The van der Waals surface area contributed by atoms with Gasteiger partial charge in [-0.05, 0) is 55.6 Å². The zero-order valence-electron chi connectivity index (χ0n) is 18.1. The maximum Gasteiger partial charge on any atom is 0.229 e. The van der Waals surface area contributed by atoms with Crippen LogP contribution in [0.2, 0.25) is 0 Å². The van der Waals surface area contributed by atoms with Crippen molar-refractivity contribution in [1.82, 2.24) is 9.88 Å². The molecule has 0 fully saturated rings. The van der Waals surface area contributed by atoms with Gasteiger partial charge in [-0.1, -0.05) is 41.1 Å². The summed E-state index contributed by atoms with van der Waals surface area (Å²) in [5.41, 5.74) is 0.927. The zero-order valence-corrected chi connectivity index (χ0v) is 21.4. The fraction of sp³-hybridized carbons (Fsp3) is 0.391.